The van der Waals surface area contributed by atoms with Gasteiger partial charge in [-0.05, 0) is 29.4 Å². The molecule has 1 aromatic rings. The molecule has 1 N–H and O–H groups in total. The fourth-order valence-corrected chi connectivity index (χ4v) is 2.92. The first-order valence-electron chi connectivity index (χ1n) is 7.39. The lowest BCUT2D eigenvalue weighted by Crippen LogP contribution is -2.45. The molecule has 1 amide bonds. The summed E-state index contributed by atoms with van der Waals surface area (Å²) in [6, 6.07) is 8.08. The highest BCUT2D eigenvalue weighted by Crippen LogP contribution is 2.29. The van der Waals surface area contributed by atoms with E-state index in [-0.39, 0.29) is 5.91 Å². The van der Waals surface area contributed by atoms with E-state index in [2.05, 4.69) is 6.07 Å². The van der Waals surface area contributed by atoms with Crippen LogP contribution in [0, 0.1) is 11.3 Å². The molecule has 1 atom stereocenters. The van der Waals surface area contributed by atoms with Crippen LogP contribution in [0.5, 0.6) is 0 Å². The van der Waals surface area contributed by atoms with Crippen LogP contribution in [-0.2, 0) is 22.6 Å². The van der Waals surface area contributed by atoms with Crippen molar-refractivity contribution in [2.75, 3.05) is 6.54 Å². The van der Waals surface area contributed by atoms with Crippen molar-refractivity contribution in [2.24, 2.45) is 11.3 Å². The minimum absolute atomic E-state index is 0.272. The van der Waals surface area contributed by atoms with E-state index in [1.54, 1.807) is 25.7 Å². The average Bonchev–Trinajstić information content (AvgIpc) is 2.58. The zero-order valence-corrected chi connectivity index (χ0v) is 12.9. The monoisotopic (exact) mass is 289 g/mol. The summed E-state index contributed by atoms with van der Waals surface area (Å²) in [7, 11) is 0. The van der Waals surface area contributed by atoms with E-state index in [0.717, 1.165) is 18.4 Å². The number of carboxylic acid groups (broad SMARTS) is 1. The zero-order chi connectivity index (χ0) is 15.6. The Morgan fingerprint density at radius 3 is 2.38 bits per heavy atom. The Labute approximate surface area is 125 Å². The number of aryl methyl sites for hydroxylation is 1. The maximum atomic E-state index is 12.7. The Hall–Kier alpha value is -1.84. The number of carbonyl (C=O) groups excluding carboxylic acids is 1. The van der Waals surface area contributed by atoms with Crippen LogP contribution in [0.15, 0.2) is 24.3 Å². The molecule has 4 nitrogen and oxygen atoms in total. The summed E-state index contributed by atoms with van der Waals surface area (Å²) in [5.74, 6) is -2.31. The van der Waals surface area contributed by atoms with Crippen LogP contribution < -0.4 is 0 Å². The Balaban J connectivity index is 2.25. The molecule has 0 bridgehead atoms. The summed E-state index contributed by atoms with van der Waals surface area (Å²) in [4.78, 5) is 25.9. The number of carboxylic acids is 1. The molecule has 114 valence electrons. The van der Waals surface area contributed by atoms with Crippen molar-refractivity contribution in [1.29, 1.82) is 0 Å². The van der Waals surface area contributed by atoms with Crippen molar-refractivity contribution in [3.63, 3.8) is 0 Å². The van der Waals surface area contributed by atoms with Gasteiger partial charge in [-0.25, -0.2) is 0 Å². The van der Waals surface area contributed by atoms with Crippen LogP contribution in [-0.4, -0.2) is 28.4 Å². The highest BCUT2D eigenvalue weighted by atomic mass is 16.4. The van der Waals surface area contributed by atoms with Gasteiger partial charge >= 0.3 is 5.97 Å². The van der Waals surface area contributed by atoms with Crippen molar-refractivity contribution < 1.29 is 14.7 Å². The molecule has 1 heterocycles. The largest absolute Gasteiger partial charge is 0.481 e. The average molecular weight is 289 g/mol. The van der Waals surface area contributed by atoms with Crippen LogP contribution in [0.4, 0.5) is 0 Å². The number of carbonyl (C=O) groups is 2. The third-order valence-electron chi connectivity index (χ3n) is 4.03. The Bertz CT molecular complexity index is 545. The number of nitrogens with zero attached hydrogens (tertiary/aromatic N) is 1. The summed E-state index contributed by atoms with van der Waals surface area (Å²) in [6.07, 6.45) is 1.81. The van der Waals surface area contributed by atoms with E-state index in [9.17, 15) is 14.7 Å². The van der Waals surface area contributed by atoms with Gasteiger partial charge in [0.2, 0.25) is 5.91 Å². The second kappa shape index (κ2) is 5.88. The molecule has 1 unspecified atom stereocenters. The van der Waals surface area contributed by atoms with Crippen molar-refractivity contribution in [1.82, 2.24) is 4.90 Å². The van der Waals surface area contributed by atoms with E-state index in [1.165, 1.54) is 5.56 Å². The number of hydrogen-bond donors (Lipinski definition) is 1. The minimum Gasteiger partial charge on any atom is -0.481 e. The number of benzene rings is 1. The lowest BCUT2D eigenvalue weighted by Gasteiger charge is -2.31. The maximum absolute atomic E-state index is 12.7. The molecular formula is C17H23NO3. The molecule has 0 fully saturated rings. The van der Waals surface area contributed by atoms with Crippen LogP contribution in [0.2, 0.25) is 0 Å². The van der Waals surface area contributed by atoms with Crippen LogP contribution >= 0.6 is 0 Å². The first-order chi connectivity index (χ1) is 9.80. The maximum Gasteiger partial charge on any atom is 0.316 e. The van der Waals surface area contributed by atoms with Gasteiger partial charge in [0.1, 0.15) is 5.92 Å². The molecule has 1 aromatic carbocycles. The van der Waals surface area contributed by atoms with E-state index >= 15 is 0 Å². The van der Waals surface area contributed by atoms with Gasteiger partial charge in [-0.1, -0.05) is 45.0 Å². The van der Waals surface area contributed by atoms with E-state index in [4.69, 9.17) is 0 Å². The molecule has 0 aliphatic carbocycles. The topological polar surface area (TPSA) is 57.6 Å². The number of rotatable bonds is 2. The summed E-state index contributed by atoms with van der Waals surface area (Å²) in [5.41, 5.74) is 1.80. The number of aliphatic carboxylic acids is 1. The predicted molar refractivity (Wildman–Crippen MR) is 80.8 cm³/mol. The van der Waals surface area contributed by atoms with E-state index in [1.807, 2.05) is 18.2 Å². The lowest BCUT2D eigenvalue weighted by molar-refractivity contribution is -0.156. The molecule has 1 aliphatic heterocycles. The number of hydrogen-bond acceptors (Lipinski definition) is 2. The van der Waals surface area contributed by atoms with Gasteiger partial charge in [0.25, 0.3) is 0 Å². The molecule has 4 heteroatoms. The first-order valence-corrected chi connectivity index (χ1v) is 7.39. The standard InChI is InChI=1S/C17H23NO3/c1-17(2,3)14(16(20)21)15(19)18-10-6-9-12-7-4-5-8-13(12)11-18/h4-5,7-8,14H,6,9-11H2,1-3H3,(H,20,21). The molecule has 0 aromatic heterocycles. The fourth-order valence-electron chi connectivity index (χ4n) is 2.92. The third kappa shape index (κ3) is 3.43. The smallest absolute Gasteiger partial charge is 0.316 e. The molecule has 0 saturated carbocycles. The Kier molecular flexibility index (Phi) is 4.35. The van der Waals surface area contributed by atoms with E-state index in [0.29, 0.717) is 13.1 Å². The SMILES string of the molecule is CC(C)(C)C(C(=O)O)C(=O)N1CCCc2ccccc2C1. The minimum atomic E-state index is -1.04. The van der Waals surface area contributed by atoms with Gasteiger partial charge in [-0.3, -0.25) is 9.59 Å². The molecular weight excluding hydrogens is 266 g/mol. The number of fused-ring (bicyclic) bond motifs is 1. The summed E-state index contributed by atoms with van der Waals surface area (Å²) < 4.78 is 0. The normalized spacial score (nSPS) is 16.8. The fraction of sp³-hybridized carbons (Fsp3) is 0.529. The Morgan fingerprint density at radius 1 is 1.19 bits per heavy atom. The van der Waals surface area contributed by atoms with E-state index < -0.39 is 17.3 Å². The van der Waals surface area contributed by atoms with Gasteiger partial charge in [-0.2, -0.15) is 0 Å². The van der Waals surface area contributed by atoms with Crippen molar-refractivity contribution in [3.8, 4) is 0 Å². The van der Waals surface area contributed by atoms with Gasteiger partial charge in [0.05, 0.1) is 0 Å². The van der Waals surface area contributed by atoms with Gasteiger partial charge in [0, 0.05) is 13.1 Å². The van der Waals surface area contributed by atoms with Crippen LogP contribution in [0.1, 0.15) is 38.3 Å². The first kappa shape index (κ1) is 15.5. The van der Waals surface area contributed by atoms with Crippen molar-refractivity contribution in [2.45, 2.75) is 40.2 Å². The van der Waals surface area contributed by atoms with Gasteiger partial charge in [0.15, 0.2) is 0 Å². The summed E-state index contributed by atoms with van der Waals surface area (Å²) in [6.45, 7) is 6.53. The summed E-state index contributed by atoms with van der Waals surface area (Å²) in [5, 5.41) is 9.43. The van der Waals surface area contributed by atoms with Crippen LogP contribution in [0.25, 0.3) is 0 Å². The highest BCUT2D eigenvalue weighted by molar-refractivity contribution is 5.97. The molecule has 2 rings (SSSR count). The third-order valence-corrected chi connectivity index (χ3v) is 4.03. The molecule has 0 spiro atoms. The summed E-state index contributed by atoms with van der Waals surface area (Å²) >= 11 is 0. The predicted octanol–water partition coefficient (Wildman–Crippen LogP) is 2.71. The second-order valence-corrected chi connectivity index (χ2v) is 6.77. The van der Waals surface area contributed by atoms with Gasteiger partial charge < -0.3 is 10.0 Å². The Morgan fingerprint density at radius 2 is 1.81 bits per heavy atom. The second-order valence-electron chi connectivity index (χ2n) is 6.77. The quantitative estimate of drug-likeness (QED) is 0.852. The highest BCUT2D eigenvalue weighted by Gasteiger charge is 2.40. The lowest BCUT2D eigenvalue weighted by atomic mass is 9.79. The number of amides is 1. The molecule has 0 saturated heterocycles. The van der Waals surface area contributed by atoms with Crippen molar-refractivity contribution >= 4 is 11.9 Å². The van der Waals surface area contributed by atoms with Crippen LogP contribution in [0.3, 0.4) is 0 Å². The molecule has 0 radical (unpaired) electrons. The molecule has 21 heavy (non-hydrogen) atoms. The zero-order valence-electron chi connectivity index (χ0n) is 12.9. The van der Waals surface area contributed by atoms with Gasteiger partial charge in [-0.15, -0.1) is 0 Å². The molecule has 1 aliphatic rings. The van der Waals surface area contributed by atoms with Crippen molar-refractivity contribution in [3.05, 3.63) is 35.4 Å².